The molecule has 26 heavy (non-hydrogen) atoms. The molecule has 0 bridgehead atoms. The fourth-order valence-electron chi connectivity index (χ4n) is 3.47. The van der Waals surface area contributed by atoms with Gasteiger partial charge in [-0.15, -0.1) is 0 Å². The lowest BCUT2D eigenvalue weighted by atomic mass is 9.78. The van der Waals surface area contributed by atoms with Gasteiger partial charge in [-0.2, -0.15) is 5.26 Å². The van der Waals surface area contributed by atoms with Gasteiger partial charge in [-0.3, -0.25) is 9.59 Å². The lowest BCUT2D eigenvalue weighted by molar-refractivity contribution is -0.118. The average Bonchev–Trinajstić information content (AvgIpc) is 2.67. The number of hydrogen-bond acceptors (Lipinski definition) is 4. The molecule has 2 aromatic rings. The smallest absolute Gasteiger partial charge is 0.262 e. The first-order chi connectivity index (χ1) is 12.6. The highest BCUT2D eigenvalue weighted by Gasteiger charge is 2.36. The highest BCUT2D eigenvalue weighted by atomic mass is 16.5. The summed E-state index contributed by atoms with van der Waals surface area (Å²) < 4.78 is 5.36. The molecule has 2 amide bonds. The first-order valence-corrected chi connectivity index (χ1v) is 8.46. The number of nitrogens with zero attached hydrogens (tertiary/aromatic N) is 1. The minimum Gasteiger partial charge on any atom is -0.482 e. The number of amides is 2. The second-order valence-corrected chi connectivity index (χ2v) is 6.64. The Morgan fingerprint density at radius 2 is 2.04 bits per heavy atom. The summed E-state index contributed by atoms with van der Waals surface area (Å²) in [5, 5.41) is 15.3. The minimum atomic E-state index is -0.920. The number of nitrogens with one attached hydrogen (secondary N) is 2. The van der Waals surface area contributed by atoms with Crippen LogP contribution in [-0.4, -0.2) is 24.0 Å². The van der Waals surface area contributed by atoms with Crippen LogP contribution in [0.4, 0.5) is 5.69 Å². The van der Waals surface area contributed by atoms with Crippen LogP contribution in [0.25, 0.3) is 0 Å². The molecule has 4 rings (SSSR count). The van der Waals surface area contributed by atoms with Gasteiger partial charge < -0.3 is 15.4 Å². The molecule has 2 aliphatic rings. The van der Waals surface area contributed by atoms with E-state index in [2.05, 4.69) is 22.8 Å². The molecule has 0 saturated heterocycles. The predicted octanol–water partition coefficient (Wildman–Crippen LogP) is 2.20. The van der Waals surface area contributed by atoms with Crippen LogP contribution in [0.15, 0.2) is 42.5 Å². The number of aryl methyl sites for hydroxylation is 1. The normalized spacial score (nSPS) is 20.7. The van der Waals surface area contributed by atoms with E-state index >= 15 is 0 Å². The van der Waals surface area contributed by atoms with Gasteiger partial charge in [0.25, 0.3) is 11.8 Å². The van der Waals surface area contributed by atoms with Crippen LogP contribution in [0.5, 0.6) is 5.75 Å². The molecular formula is C20H17N3O3. The first kappa shape index (κ1) is 16.2. The van der Waals surface area contributed by atoms with Crippen LogP contribution >= 0.6 is 0 Å². The Bertz CT molecular complexity index is 948. The van der Waals surface area contributed by atoms with Gasteiger partial charge >= 0.3 is 0 Å². The minimum absolute atomic E-state index is 0.0724. The monoisotopic (exact) mass is 347 g/mol. The summed E-state index contributed by atoms with van der Waals surface area (Å²) in [6.07, 6.45) is 1.82. The van der Waals surface area contributed by atoms with Crippen molar-refractivity contribution in [3.8, 4) is 11.8 Å². The van der Waals surface area contributed by atoms with E-state index in [1.807, 2.05) is 18.2 Å². The number of benzene rings is 2. The zero-order valence-electron chi connectivity index (χ0n) is 14.0. The fraction of sp³-hybridized carbons (Fsp3) is 0.250. The lowest BCUT2D eigenvalue weighted by Gasteiger charge is -2.33. The van der Waals surface area contributed by atoms with Gasteiger partial charge in [-0.05, 0) is 42.2 Å². The van der Waals surface area contributed by atoms with Crippen molar-refractivity contribution < 1.29 is 14.3 Å². The number of ether oxygens (including phenoxy) is 1. The van der Waals surface area contributed by atoms with Crippen molar-refractivity contribution in [3.05, 3.63) is 59.2 Å². The average molecular weight is 347 g/mol. The van der Waals surface area contributed by atoms with Gasteiger partial charge in [0.2, 0.25) is 0 Å². The zero-order chi connectivity index (χ0) is 18.1. The Labute approximate surface area is 150 Å². The number of carbonyl (C=O) groups excluding carboxylic acids is 2. The number of anilines is 1. The topological polar surface area (TPSA) is 91.2 Å². The Morgan fingerprint density at radius 1 is 1.23 bits per heavy atom. The second kappa shape index (κ2) is 6.19. The summed E-state index contributed by atoms with van der Waals surface area (Å²) in [4.78, 5) is 24.1. The third-order valence-corrected chi connectivity index (χ3v) is 4.88. The lowest BCUT2D eigenvalue weighted by Crippen LogP contribution is -2.51. The Hall–Kier alpha value is -3.33. The van der Waals surface area contributed by atoms with Crippen molar-refractivity contribution in [2.45, 2.75) is 24.8 Å². The maximum atomic E-state index is 12.7. The number of rotatable bonds is 2. The van der Waals surface area contributed by atoms with E-state index in [0.717, 1.165) is 12.0 Å². The number of fused-ring (bicyclic) bond motifs is 2. The second-order valence-electron chi connectivity index (χ2n) is 6.64. The maximum absolute atomic E-state index is 12.7. The third kappa shape index (κ3) is 2.88. The maximum Gasteiger partial charge on any atom is 0.262 e. The van der Waals surface area contributed by atoms with Gasteiger partial charge in [0.1, 0.15) is 11.3 Å². The van der Waals surface area contributed by atoms with Gasteiger partial charge in [0, 0.05) is 12.0 Å². The van der Waals surface area contributed by atoms with Crippen molar-refractivity contribution in [1.29, 1.82) is 5.26 Å². The van der Waals surface area contributed by atoms with Crippen molar-refractivity contribution in [2.75, 3.05) is 11.9 Å². The van der Waals surface area contributed by atoms with E-state index in [0.29, 0.717) is 29.8 Å². The number of hydrogen-bond donors (Lipinski definition) is 2. The van der Waals surface area contributed by atoms with Crippen LogP contribution in [0, 0.1) is 11.3 Å². The van der Waals surface area contributed by atoms with Gasteiger partial charge in [-0.25, -0.2) is 0 Å². The molecular weight excluding hydrogens is 330 g/mol. The van der Waals surface area contributed by atoms with Gasteiger partial charge in [0.05, 0.1) is 11.8 Å². The molecule has 2 N–H and O–H groups in total. The summed E-state index contributed by atoms with van der Waals surface area (Å²) in [6.45, 7) is -0.0724. The summed E-state index contributed by atoms with van der Waals surface area (Å²) in [5.74, 6) is -0.0921. The molecule has 0 aromatic heterocycles. The van der Waals surface area contributed by atoms with Crippen LogP contribution in [0.1, 0.15) is 27.9 Å². The Balaban J connectivity index is 1.56. The SMILES string of the molecule is N#CC1(NC(=O)c2ccc3c(c2)OCC(=O)N3)CCc2ccccc2C1. The molecule has 0 spiro atoms. The summed E-state index contributed by atoms with van der Waals surface area (Å²) in [7, 11) is 0. The van der Waals surface area contributed by atoms with Crippen molar-refractivity contribution in [3.63, 3.8) is 0 Å². The fourth-order valence-corrected chi connectivity index (χ4v) is 3.47. The zero-order valence-corrected chi connectivity index (χ0v) is 14.0. The molecule has 6 nitrogen and oxygen atoms in total. The Morgan fingerprint density at radius 3 is 2.85 bits per heavy atom. The molecule has 1 heterocycles. The molecule has 1 atom stereocenters. The molecule has 0 radical (unpaired) electrons. The van der Waals surface area contributed by atoms with E-state index in [-0.39, 0.29) is 18.4 Å². The van der Waals surface area contributed by atoms with Crippen molar-refractivity contribution in [2.24, 2.45) is 0 Å². The summed E-state index contributed by atoms with van der Waals surface area (Å²) in [6, 6.07) is 15.1. The van der Waals surface area contributed by atoms with E-state index in [9.17, 15) is 14.9 Å². The number of carbonyl (C=O) groups is 2. The van der Waals surface area contributed by atoms with Crippen LogP contribution in [0.3, 0.4) is 0 Å². The van der Waals surface area contributed by atoms with E-state index in [1.54, 1.807) is 18.2 Å². The third-order valence-electron chi connectivity index (χ3n) is 4.88. The molecule has 0 fully saturated rings. The van der Waals surface area contributed by atoms with Crippen LogP contribution in [0.2, 0.25) is 0 Å². The predicted molar refractivity (Wildman–Crippen MR) is 94.8 cm³/mol. The highest BCUT2D eigenvalue weighted by Crippen LogP contribution is 2.31. The van der Waals surface area contributed by atoms with Crippen molar-refractivity contribution >= 4 is 17.5 Å². The summed E-state index contributed by atoms with van der Waals surface area (Å²) in [5.41, 5.74) is 2.34. The van der Waals surface area contributed by atoms with Crippen LogP contribution < -0.4 is 15.4 Å². The van der Waals surface area contributed by atoms with E-state index < -0.39 is 5.54 Å². The summed E-state index contributed by atoms with van der Waals surface area (Å²) >= 11 is 0. The van der Waals surface area contributed by atoms with Crippen LogP contribution in [-0.2, 0) is 17.6 Å². The standard InChI is InChI=1S/C20H17N3O3/c21-12-20(8-7-13-3-1-2-4-15(13)10-20)23-19(25)14-5-6-16-17(9-14)26-11-18(24)22-16/h1-6,9H,7-8,10-11H2,(H,22,24)(H,23,25). The highest BCUT2D eigenvalue weighted by molar-refractivity contribution is 5.99. The molecule has 2 aromatic carbocycles. The molecule has 6 heteroatoms. The largest absolute Gasteiger partial charge is 0.482 e. The Kier molecular flexibility index (Phi) is 3.85. The molecule has 1 aliphatic heterocycles. The molecule has 1 aliphatic carbocycles. The first-order valence-electron chi connectivity index (χ1n) is 8.46. The van der Waals surface area contributed by atoms with Gasteiger partial charge in [-0.1, -0.05) is 24.3 Å². The number of nitriles is 1. The van der Waals surface area contributed by atoms with Crippen molar-refractivity contribution in [1.82, 2.24) is 5.32 Å². The quantitative estimate of drug-likeness (QED) is 0.871. The molecule has 130 valence electrons. The van der Waals surface area contributed by atoms with E-state index in [1.165, 1.54) is 5.56 Å². The molecule has 0 saturated carbocycles. The van der Waals surface area contributed by atoms with E-state index in [4.69, 9.17) is 4.74 Å². The molecule has 1 unspecified atom stereocenters. The van der Waals surface area contributed by atoms with Gasteiger partial charge in [0.15, 0.2) is 6.61 Å².